The van der Waals surface area contributed by atoms with Crippen LogP contribution in [0.5, 0.6) is 0 Å². The summed E-state index contributed by atoms with van der Waals surface area (Å²) in [7, 11) is 0. The Morgan fingerprint density at radius 2 is 2.31 bits per heavy atom. The minimum atomic E-state index is -0.410. The summed E-state index contributed by atoms with van der Waals surface area (Å²) in [5.74, 6) is 0.353. The fraction of sp³-hybridized carbons (Fsp3) is 0.611. The van der Waals surface area contributed by atoms with E-state index in [1.165, 1.54) is 22.2 Å². The first-order valence-corrected chi connectivity index (χ1v) is 10.9. The first-order chi connectivity index (χ1) is 12.5. The molecular formula is C18H23N3O3S2. The molecule has 0 spiro atoms. The Kier molecular flexibility index (Phi) is 5.07. The molecule has 2 aromatic rings. The molecule has 6 nitrogen and oxygen atoms in total. The highest BCUT2D eigenvalue weighted by Crippen LogP contribution is 2.36. The second kappa shape index (κ2) is 7.32. The van der Waals surface area contributed by atoms with E-state index < -0.39 is 5.91 Å². The maximum Gasteiger partial charge on any atom is 0.263 e. The zero-order valence-electron chi connectivity index (χ0n) is 14.8. The Hall–Kier alpha value is -1.38. The van der Waals surface area contributed by atoms with Gasteiger partial charge in [-0.05, 0) is 43.6 Å². The largest absolute Gasteiger partial charge is 0.376 e. The van der Waals surface area contributed by atoms with Gasteiger partial charge in [-0.2, -0.15) is 0 Å². The highest BCUT2D eigenvalue weighted by Gasteiger charge is 2.26. The number of nitrogens with zero attached hydrogens (tertiary/aromatic N) is 2. The molecule has 0 radical (unpaired) electrons. The molecule has 4 rings (SSSR count). The van der Waals surface area contributed by atoms with Crippen molar-refractivity contribution in [2.45, 2.75) is 56.8 Å². The molecule has 1 amide bonds. The van der Waals surface area contributed by atoms with Crippen LogP contribution in [0.3, 0.4) is 0 Å². The maximum atomic E-state index is 13.3. The van der Waals surface area contributed by atoms with Crippen LogP contribution in [0, 0.1) is 5.92 Å². The summed E-state index contributed by atoms with van der Waals surface area (Å²) < 4.78 is 7.43. The molecule has 8 heteroatoms. The van der Waals surface area contributed by atoms with Crippen LogP contribution < -0.4 is 11.3 Å². The fourth-order valence-corrected chi connectivity index (χ4v) is 5.98. The lowest BCUT2D eigenvalue weighted by Crippen LogP contribution is -2.29. The Labute approximate surface area is 160 Å². The Morgan fingerprint density at radius 3 is 3.04 bits per heavy atom. The molecule has 140 valence electrons. The lowest BCUT2D eigenvalue weighted by Gasteiger charge is -2.18. The quantitative estimate of drug-likeness (QED) is 0.622. The Balaban J connectivity index is 1.81. The Morgan fingerprint density at radius 1 is 1.46 bits per heavy atom. The average molecular weight is 394 g/mol. The van der Waals surface area contributed by atoms with Gasteiger partial charge >= 0.3 is 0 Å². The number of primary amides is 1. The summed E-state index contributed by atoms with van der Waals surface area (Å²) in [5, 5.41) is 1.35. The summed E-state index contributed by atoms with van der Waals surface area (Å²) in [5.41, 5.74) is 6.49. The van der Waals surface area contributed by atoms with Crippen LogP contribution in [0.4, 0.5) is 0 Å². The normalized spacial score (nSPS) is 22.7. The van der Waals surface area contributed by atoms with Crippen LogP contribution in [-0.2, 0) is 28.9 Å². The van der Waals surface area contributed by atoms with Crippen molar-refractivity contribution in [2.24, 2.45) is 11.7 Å². The highest BCUT2D eigenvalue weighted by molar-refractivity contribution is 7.99. The van der Waals surface area contributed by atoms with Gasteiger partial charge in [0.2, 0.25) is 5.91 Å². The monoisotopic (exact) mass is 393 g/mol. The number of aromatic nitrogens is 2. The molecule has 1 aliphatic carbocycles. The van der Waals surface area contributed by atoms with Crippen molar-refractivity contribution in [1.82, 2.24) is 9.55 Å². The molecule has 3 heterocycles. The number of carbonyl (C=O) groups is 1. The summed E-state index contributed by atoms with van der Waals surface area (Å²) in [6, 6.07) is 0. The standard InChI is InChI=1S/C18H23N3O3S2/c1-10-4-5-12-13(7-10)26-16-15(12)17(23)21(8-11-3-2-6-24-11)18(20-16)25-9-14(19)22/h10-11H,2-9H2,1H3,(H2,19,22)/t10-,11-/m0/s1. The minimum Gasteiger partial charge on any atom is -0.376 e. The van der Waals surface area contributed by atoms with Gasteiger partial charge in [-0.15, -0.1) is 11.3 Å². The number of carbonyl (C=O) groups excluding carboxylic acids is 1. The van der Waals surface area contributed by atoms with Gasteiger partial charge in [-0.25, -0.2) is 4.98 Å². The summed E-state index contributed by atoms with van der Waals surface area (Å²) >= 11 is 2.87. The van der Waals surface area contributed by atoms with E-state index >= 15 is 0 Å². The number of thiophene rings is 1. The molecule has 0 aromatic carbocycles. The van der Waals surface area contributed by atoms with Crippen LogP contribution in [0.2, 0.25) is 0 Å². The molecule has 2 aliphatic rings. The van der Waals surface area contributed by atoms with E-state index in [1.807, 2.05) is 0 Å². The van der Waals surface area contributed by atoms with E-state index in [1.54, 1.807) is 15.9 Å². The number of hydrogen-bond acceptors (Lipinski definition) is 6. The topological polar surface area (TPSA) is 87.2 Å². The first kappa shape index (κ1) is 18.0. The predicted molar refractivity (Wildman–Crippen MR) is 104 cm³/mol. The van der Waals surface area contributed by atoms with Crippen LogP contribution in [0.15, 0.2) is 9.95 Å². The number of hydrogen-bond donors (Lipinski definition) is 1. The van der Waals surface area contributed by atoms with Crippen LogP contribution in [0.1, 0.15) is 36.6 Å². The van der Waals surface area contributed by atoms with E-state index in [9.17, 15) is 9.59 Å². The number of fused-ring (bicyclic) bond motifs is 3. The van der Waals surface area contributed by atoms with Gasteiger partial charge in [0.25, 0.3) is 5.56 Å². The van der Waals surface area contributed by atoms with Gasteiger partial charge in [-0.1, -0.05) is 18.7 Å². The van der Waals surface area contributed by atoms with E-state index in [2.05, 4.69) is 6.92 Å². The molecule has 26 heavy (non-hydrogen) atoms. The molecule has 2 aromatic heterocycles. The van der Waals surface area contributed by atoms with Crippen molar-refractivity contribution in [3.8, 4) is 0 Å². The smallest absolute Gasteiger partial charge is 0.263 e. The van der Waals surface area contributed by atoms with Gasteiger partial charge in [-0.3, -0.25) is 14.2 Å². The van der Waals surface area contributed by atoms with Crippen molar-refractivity contribution in [2.75, 3.05) is 12.4 Å². The van der Waals surface area contributed by atoms with Crippen LogP contribution in [0.25, 0.3) is 10.2 Å². The van der Waals surface area contributed by atoms with Crippen LogP contribution in [-0.4, -0.2) is 33.9 Å². The molecule has 0 saturated carbocycles. The molecule has 1 fully saturated rings. The summed E-state index contributed by atoms with van der Waals surface area (Å²) in [4.78, 5) is 31.4. The van der Waals surface area contributed by atoms with Gasteiger partial charge in [0.15, 0.2) is 5.16 Å². The van der Waals surface area contributed by atoms with E-state index in [0.29, 0.717) is 17.6 Å². The number of aryl methyl sites for hydroxylation is 1. The maximum absolute atomic E-state index is 13.3. The number of thioether (sulfide) groups is 1. The van der Waals surface area contributed by atoms with Gasteiger partial charge in [0, 0.05) is 11.5 Å². The van der Waals surface area contributed by atoms with Gasteiger partial charge in [0.05, 0.1) is 23.8 Å². The number of amides is 1. The predicted octanol–water partition coefficient (Wildman–Crippen LogP) is 2.34. The minimum absolute atomic E-state index is 0.00419. The third kappa shape index (κ3) is 3.42. The second-order valence-electron chi connectivity index (χ2n) is 7.23. The molecule has 1 aliphatic heterocycles. The van der Waals surface area contributed by atoms with Crippen molar-refractivity contribution in [3.63, 3.8) is 0 Å². The molecule has 2 N–H and O–H groups in total. The summed E-state index contributed by atoms with van der Waals surface area (Å²) in [6.45, 7) is 3.49. The van der Waals surface area contributed by atoms with Crippen molar-refractivity contribution in [1.29, 1.82) is 0 Å². The Bertz CT molecular complexity index is 899. The second-order valence-corrected chi connectivity index (χ2v) is 9.26. The number of rotatable bonds is 5. The molecular weight excluding hydrogens is 370 g/mol. The van der Waals surface area contributed by atoms with E-state index in [4.69, 9.17) is 15.5 Å². The molecule has 1 saturated heterocycles. The van der Waals surface area contributed by atoms with E-state index in [-0.39, 0.29) is 17.4 Å². The lowest BCUT2D eigenvalue weighted by molar-refractivity contribution is -0.115. The van der Waals surface area contributed by atoms with Gasteiger partial charge < -0.3 is 10.5 Å². The van der Waals surface area contributed by atoms with Crippen molar-refractivity contribution < 1.29 is 9.53 Å². The fourth-order valence-electron chi connectivity index (χ4n) is 3.80. The molecule has 2 atom stereocenters. The van der Waals surface area contributed by atoms with Crippen LogP contribution >= 0.6 is 23.1 Å². The molecule has 0 unspecified atom stereocenters. The number of ether oxygens (including phenoxy) is 1. The van der Waals surface area contributed by atoms with Gasteiger partial charge in [0.1, 0.15) is 4.83 Å². The van der Waals surface area contributed by atoms with E-state index in [0.717, 1.165) is 48.9 Å². The lowest BCUT2D eigenvalue weighted by atomic mass is 9.89. The third-order valence-electron chi connectivity index (χ3n) is 5.13. The highest BCUT2D eigenvalue weighted by atomic mass is 32.2. The third-order valence-corrected chi connectivity index (χ3v) is 7.28. The van der Waals surface area contributed by atoms with Crippen molar-refractivity contribution in [3.05, 3.63) is 20.8 Å². The average Bonchev–Trinajstić information content (AvgIpc) is 3.22. The SMILES string of the molecule is C[C@H]1CCc2c(sc3nc(SCC(N)=O)n(C[C@@H]4CCCO4)c(=O)c23)C1. The summed E-state index contributed by atoms with van der Waals surface area (Å²) in [6.07, 6.45) is 5.08. The number of nitrogens with two attached hydrogens (primary N) is 1. The zero-order valence-corrected chi connectivity index (χ0v) is 16.5. The zero-order chi connectivity index (χ0) is 18.3. The van der Waals surface area contributed by atoms with Crippen molar-refractivity contribution >= 4 is 39.2 Å². The molecule has 0 bridgehead atoms. The first-order valence-electron chi connectivity index (χ1n) is 9.10.